The zero-order valence-corrected chi connectivity index (χ0v) is 22.4. The number of nitrogens with zero attached hydrogens (tertiary/aromatic N) is 2. The van der Waals surface area contributed by atoms with Crippen LogP contribution < -0.4 is 15.8 Å². The van der Waals surface area contributed by atoms with Crippen molar-refractivity contribution in [3.63, 3.8) is 0 Å². The summed E-state index contributed by atoms with van der Waals surface area (Å²) in [6, 6.07) is 19.4. The maximum atomic E-state index is 13.9. The first-order valence-electron chi connectivity index (χ1n) is 12.5. The minimum atomic E-state index is -0.544. The largest absolute Gasteiger partial charge is 0.374 e. The summed E-state index contributed by atoms with van der Waals surface area (Å²) in [6.45, 7) is 3.46. The molecule has 4 heterocycles. The van der Waals surface area contributed by atoms with Gasteiger partial charge in [-0.1, -0.05) is 35.7 Å². The Bertz CT molecular complexity index is 1530. The number of H-pyrrole nitrogens is 1. The van der Waals surface area contributed by atoms with E-state index >= 15 is 0 Å². The molecule has 1 fully saturated rings. The molecule has 2 N–H and O–H groups in total. The van der Waals surface area contributed by atoms with Gasteiger partial charge in [-0.25, -0.2) is 4.39 Å². The third-order valence-corrected chi connectivity index (χ3v) is 9.32. The number of hydrogen-bond acceptors (Lipinski definition) is 7. The minimum absolute atomic E-state index is 0.0966. The molecule has 9 heteroatoms. The van der Waals surface area contributed by atoms with Crippen LogP contribution in [0.2, 0.25) is 0 Å². The maximum absolute atomic E-state index is 13.9. The van der Waals surface area contributed by atoms with Gasteiger partial charge in [0.1, 0.15) is 12.8 Å². The number of benzene rings is 2. The topological polar surface area (TPSA) is 70.2 Å². The molecule has 0 saturated carbocycles. The van der Waals surface area contributed by atoms with Gasteiger partial charge in [-0.15, -0.1) is 0 Å². The van der Waals surface area contributed by atoms with Crippen LogP contribution in [-0.4, -0.2) is 36.3 Å². The van der Waals surface area contributed by atoms with Crippen molar-refractivity contribution in [2.45, 2.75) is 38.7 Å². The molecule has 6 nitrogen and oxygen atoms in total. The number of halogens is 1. The van der Waals surface area contributed by atoms with Crippen molar-refractivity contribution in [3.05, 3.63) is 100 Å². The third-order valence-electron chi connectivity index (χ3n) is 6.71. The van der Waals surface area contributed by atoms with E-state index < -0.39 is 12.7 Å². The monoisotopic (exact) mass is 546 g/mol. The average Bonchev–Trinajstić information content (AvgIpc) is 2.94. The van der Waals surface area contributed by atoms with Gasteiger partial charge in [0.25, 0.3) is 0 Å². The van der Waals surface area contributed by atoms with Crippen molar-refractivity contribution < 1.29 is 9.13 Å². The van der Waals surface area contributed by atoms with Crippen LogP contribution in [0.15, 0.2) is 97.4 Å². The molecule has 2 aromatic carbocycles. The van der Waals surface area contributed by atoms with E-state index in [0.29, 0.717) is 18.8 Å². The van der Waals surface area contributed by atoms with Gasteiger partial charge in [-0.2, -0.15) is 0 Å². The number of aryl methyl sites for hydroxylation is 1. The smallest absolute Gasteiger partial charge is 0.249 e. The first-order chi connectivity index (χ1) is 18.6. The standard InChI is InChI=1S/C29H27FN4O2S2/c1-18-7-9-31-22(13-18)23(16-30)33-19-5-6-25-27(14-19)37-26-4-2-3-21(29(26)38-25)24-17-34(11-12-36-24)20-8-10-32-28(35)15-20/h2-10,13-15,23-24,33H,11-12,16-17H2,1H3,(H,32,35). The molecule has 0 spiro atoms. The van der Waals surface area contributed by atoms with E-state index in [1.807, 2.05) is 31.2 Å². The van der Waals surface area contributed by atoms with Crippen LogP contribution >= 0.6 is 23.5 Å². The number of morpholine rings is 1. The van der Waals surface area contributed by atoms with Gasteiger partial charge in [0.05, 0.1) is 18.3 Å². The molecule has 6 rings (SSSR count). The maximum Gasteiger partial charge on any atom is 0.249 e. The number of aromatic nitrogens is 2. The second-order valence-electron chi connectivity index (χ2n) is 9.37. The number of nitrogens with one attached hydrogen (secondary N) is 2. The summed E-state index contributed by atoms with van der Waals surface area (Å²) in [5, 5.41) is 3.32. The number of rotatable bonds is 6. The lowest BCUT2D eigenvalue weighted by Crippen LogP contribution is -2.39. The molecule has 2 aromatic heterocycles. The summed E-state index contributed by atoms with van der Waals surface area (Å²) >= 11 is 3.47. The summed E-state index contributed by atoms with van der Waals surface area (Å²) in [5.41, 5.74) is 4.59. The van der Waals surface area contributed by atoms with E-state index in [1.54, 1.807) is 42.0 Å². The Kier molecular flexibility index (Phi) is 7.14. The molecule has 4 aromatic rings. The van der Waals surface area contributed by atoms with Crippen molar-refractivity contribution in [2.75, 3.05) is 36.6 Å². The van der Waals surface area contributed by atoms with Gasteiger partial charge in [0, 0.05) is 62.5 Å². The van der Waals surface area contributed by atoms with Gasteiger partial charge in [0.2, 0.25) is 5.56 Å². The van der Waals surface area contributed by atoms with Gasteiger partial charge >= 0.3 is 0 Å². The van der Waals surface area contributed by atoms with E-state index in [-0.39, 0.29) is 11.7 Å². The summed E-state index contributed by atoms with van der Waals surface area (Å²) in [4.78, 5) is 25.8. The van der Waals surface area contributed by atoms with Crippen molar-refractivity contribution in [3.8, 4) is 0 Å². The normalized spacial score (nSPS) is 17.4. The second kappa shape index (κ2) is 10.8. The lowest BCUT2D eigenvalue weighted by Gasteiger charge is -2.36. The fourth-order valence-electron chi connectivity index (χ4n) is 4.81. The van der Waals surface area contributed by atoms with E-state index in [0.717, 1.165) is 38.8 Å². The van der Waals surface area contributed by atoms with Crippen molar-refractivity contribution >= 4 is 34.9 Å². The molecule has 0 bridgehead atoms. The molecule has 0 aliphatic carbocycles. The van der Waals surface area contributed by atoms with Crippen LogP contribution in [0.3, 0.4) is 0 Å². The Balaban J connectivity index is 1.22. The van der Waals surface area contributed by atoms with E-state index in [4.69, 9.17) is 4.74 Å². The van der Waals surface area contributed by atoms with Gasteiger partial charge in [0.15, 0.2) is 0 Å². The molecule has 1 saturated heterocycles. The Labute approximate surface area is 229 Å². The Morgan fingerprint density at radius 3 is 2.89 bits per heavy atom. The number of ether oxygens (including phenoxy) is 1. The molecule has 0 amide bonds. The highest BCUT2D eigenvalue weighted by atomic mass is 32.2. The number of anilines is 2. The Morgan fingerprint density at radius 2 is 2.05 bits per heavy atom. The van der Waals surface area contributed by atoms with Crippen molar-refractivity contribution in [2.24, 2.45) is 0 Å². The highest BCUT2D eigenvalue weighted by Crippen LogP contribution is 2.52. The molecule has 2 aliphatic heterocycles. The van der Waals surface area contributed by atoms with E-state index in [1.165, 1.54) is 9.79 Å². The van der Waals surface area contributed by atoms with Crippen molar-refractivity contribution in [1.82, 2.24) is 9.97 Å². The van der Waals surface area contributed by atoms with Gasteiger partial charge in [-0.3, -0.25) is 9.78 Å². The van der Waals surface area contributed by atoms with Crippen molar-refractivity contribution in [1.29, 1.82) is 0 Å². The number of hydrogen-bond donors (Lipinski definition) is 2. The molecule has 2 aliphatic rings. The van der Waals surface area contributed by atoms with E-state index in [2.05, 4.69) is 50.5 Å². The van der Waals surface area contributed by atoms with Gasteiger partial charge in [-0.05, 0) is 60.5 Å². The molecule has 38 heavy (non-hydrogen) atoms. The van der Waals surface area contributed by atoms with Crippen LogP contribution in [0.25, 0.3) is 0 Å². The number of aromatic amines is 1. The molecule has 2 atom stereocenters. The zero-order valence-electron chi connectivity index (χ0n) is 20.8. The minimum Gasteiger partial charge on any atom is -0.374 e. The lowest BCUT2D eigenvalue weighted by atomic mass is 10.1. The highest BCUT2D eigenvalue weighted by Gasteiger charge is 2.28. The summed E-state index contributed by atoms with van der Waals surface area (Å²) in [6.07, 6.45) is 3.31. The first-order valence-corrected chi connectivity index (χ1v) is 14.1. The average molecular weight is 547 g/mol. The summed E-state index contributed by atoms with van der Waals surface area (Å²) < 4.78 is 20.2. The van der Waals surface area contributed by atoms with Crippen LogP contribution in [-0.2, 0) is 4.74 Å². The van der Waals surface area contributed by atoms with E-state index in [9.17, 15) is 9.18 Å². The lowest BCUT2D eigenvalue weighted by molar-refractivity contribution is 0.0379. The predicted molar refractivity (Wildman–Crippen MR) is 150 cm³/mol. The summed E-state index contributed by atoms with van der Waals surface area (Å²) in [5.74, 6) is 0. The zero-order chi connectivity index (χ0) is 26.1. The molecule has 194 valence electrons. The number of alkyl halides is 1. The van der Waals surface area contributed by atoms with Crippen LogP contribution in [0.5, 0.6) is 0 Å². The van der Waals surface area contributed by atoms with Crippen LogP contribution in [0.4, 0.5) is 15.8 Å². The first kappa shape index (κ1) is 25.0. The molecular weight excluding hydrogens is 519 g/mol. The SMILES string of the molecule is Cc1ccnc(C(CF)Nc2ccc3c(c2)Sc2cccc(C4CN(c5cc[nH]c(=O)c5)CCO4)c2S3)c1. The summed E-state index contributed by atoms with van der Waals surface area (Å²) in [7, 11) is 0. The molecule has 2 unspecified atom stereocenters. The Hall–Kier alpha value is -3.27. The number of fused-ring (bicyclic) bond motifs is 2. The fourth-order valence-corrected chi connectivity index (χ4v) is 7.26. The van der Waals surface area contributed by atoms with Crippen LogP contribution in [0.1, 0.15) is 29.0 Å². The highest BCUT2D eigenvalue weighted by molar-refractivity contribution is 8.05. The molecule has 0 radical (unpaired) electrons. The quantitative estimate of drug-likeness (QED) is 0.256. The molecular formula is C29H27FN4O2S2. The second-order valence-corrected chi connectivity index (χ2v) is 11.5. The number of pyridine rings is 2. The third kappa shape index (κ3) is 5.18. The Morgan fingerprint density at radius 1 is 1.13 bits per heavy atom. The fraction of sp³-hybridized carbons (Fsp3) is 0.241. The van der Waals surface area contributed by atoms with Gasteiger partial charge < -0.3 is 19.9 Å². The van der Waals surface area contributed by atoms with Crippen LogP contribution in [0, 0.1) is 6.92 Å². The predicted octanol–water partition coefficient (Wildman–Crippen LogP) is 6.39.